The van der Waals surface area contributed by atoms with Gasteiger partial charge in [-0.2, -0.15) is 0 Å². The molecular weight excluding hydrogens is 264 g/mol. The van der Waals surface area contributed by atoms with Crippen LogP contribution >= 0.6 is 0 Å². The minimum Gasteiger partial charge on any atom is -0.483 e. The number of nitrogens with zero attached hydrogens (tertiary/aromatic N) is 1. The predicted octanol–water partition coefficient (Wildman–Crippen LogP) is 2.47. The molecule has 4 heteroatoms. The van der Waals surface area contributed by atoms with Gasteiger partial charge >= 0.3 is 0 Å². The lowest BCUT2D eigenvalue weighted by molar-refractivity contribution is 0.298. The summed E-state index contributed by atoms with van der Waals surface area (Å²) in [4.78, 5) is 12.3. The highest BCUT2D eigenvalue weighted by molar-refractivity contribution is 5.22. The molecule has 0 aliphatic rings. The van der Waals surface area contributed by atoms with Gasteiger partial charge in [-0.15, -0.1) is 0 Å². The highest BCUT2D eigenvalue weighted by atomic mass is 16.5. The molecule has 0 spiro atoms. The second-order valence-corrected chi connectivity index (χ2v) is 5.27. The molecule has 1 atom stereocenters. The highest BCUT2D eigenvalue weighted by Crippen LogP contribution is 2.08. The van der Waals surface area contributed by atoms with Crippen molar-refractivity contribution in [3.63, 3.8) is 0 Å². The van der Waals surface area contributed by atoms with E-state index in [9.17, 15) is 4.79 Å². The van der Waals surface area contributed by atoms with Crippen LogP contribution in [0.15, 0.2) is 47.4 Å². The monoisotopic (exact) mass is 286 g/mol. The molecule has 0 radical (unpaired) electrons. The molecule has 0 saturated carbocycles. The van der Waals surface area contributed by atoms with Gasteiger partial charge in [0.2, 0.25) is 0 Å². The molecule has 21 heavy (non-hydrogen) atoms. The minimum absolute atomic E-state index is 0.0185. The van der Waals surface area contributed by atoms with Gasteiger partial charge in [-0.05, 0) is 31.0 Å². The zero-order chi connectivity index (χ0) is 15.2. The number of hydrogen-bond donors (Lipinski definition) is 1. The number of rotatable bonds is 6. The van der Waals surface area contributed by atoms with Crippen LogP contribution < -0.4 is 16.0 Å². The van der Waals surface area contributed by atoms with Crippen LogP contribution in [0.2, 0.25) is 0 Å². The zero-order valence-corrected chi connectivity index (χ0v) is 12.6. The molecular formula is C17H22N2O2. The molecule has 0 aliphatic carbocycles. The van der Waals surface area contributed by atoms with Gasteiger partial charge in [-0.3, -0.25) is 4.79 Å². The fourth-order valence-corrected chi connectivity index (χ4v) is 2.00. The Hall–Kier alpha value is -2.07. The Morgan fingerprint density at radius 1 is 1.24 bits per heavy atom. The molecule has 0 amide bonds. The van der Waals surface area contributed by atoms with Crippen LogP contribution in [-0.2, 0) is 13.2 Å². The van der Waals surface area contributed by atoms with E-state index in [2.05, 4.69) is 0 Å². The molecule has 0 bridgehead atoms. The summed E-state index contributed by atoms with van der Waals surface area (Å²) >= 11 is 0. The van der Waals surface area contributed by atoms with Crippen molar-refractivity contribution in [2.75, 3.05) is 0 Å². The van der Waals surface area contributed by atoms with Crippen molar-refractivity contribution < 1.29 is 4.74 Å². The van der Waals surface area contributed by atoms with Crippen LogP contribution in [0.5, 0.6) is 5.75 Å². The van der Waals surface area contributed by atoms with E-state index in [-0.39, 0.29) is 11.6 Å². The Bertz CT molecular complexity index is 632. The summed E-state index contributed by atoms with van der Waals surface area (Å²) in [7, 11) is 0. The van der Waals surface area contributed by atoms with Gasteiger partial charge in [0.25, 0.3) is 5.56 Å². The Morgan fingerprint density at radius 3 is 2.62 bits per heavy atom. The minimum atomic E-state index is -0.131. The number of aromatic nitrogens is 1. The SMILES string of the molecule is CCC(N)Cn1cccc(OCc2ccc(C)cc2)c1=O. The van der Waals surface area contributed by atoms with E-state index < -0.39 is 0 Å². The van der Waals surface area contributed by atoms with Crippen LogP contribution in [0.3, 0.4) is 0 Å². The molecule has 1 aromatic heterocycles. The highest BCUT2D eigenvalue weighted by Gasteiger charge is 2.07. The normalized spacial score (nSPS) is 12.1. The quantitative estimate of drug-likeness (QED) is 0.887. The van der Waals surface area contributed by atoms with E-state index in [0.717, 1.165) is 12.0 Å². The van der Waals surface area contributed by atoms with E-state index in [0.29, 0.717) is 18.9 Å². The maximum absolute atomic E-state index is 12.3. The van der Waals surface area contributed by atoms with Crippen molar-refractivity contribution in [3.05, 3.63) is 64.1 Å². The summed E-state index contributed by atoms with van der Waals surface area (Å²) in [6, 6.07) is 11.6. The standard InChI is InChI=1S/C17H22N2O2/c1-3-15(18)11-19-10-4-5-16(17(19)20)21-12-14-8-6-13(2)7-9-14/h4-10,15H,3,11-12,18H2,1-2H3. The fourth-order valence-electron chi connectivity index (χ4n) is 2.00. The van der Waals surface area contributed by atoms with Gasteiger partial charge in [-0.1, -0.05) is 36.8 Å². The molecule has 0 fully saturated rings. The predicted molar refractivity (Wildman–Crippen MR) is 84.5 cm³/mol. The maximum atomic E-state index is 12.3. The van der Waals surface area contributed by atoms with Crippen molar-refractivity contribution in [2.24, 2.45) is 5.73 Å². The lowest BCUT2D eigenvalue weighted by atomic mass is 10.2. The van der Waals surface area contributed by atoms with Gasteiger partial charge in [0.15, 0.2) is 5.75 Å². The molecule has 2 N–H and O–H groups in total. The van der Waals surface area contributed by atoms with Crippen LogP contribution in [-0.4, -0.2) is 10.6 Å². The number of ether oxygens (including phenoxy) is 1. The molecule has 1 heterocycles. The summed E-state index contributed by atoms with van der Waals surface area (Å²) in [5, 5.41) is 0. The van der Waals surface area contributed by atoms with Gasteiger partial charge < -0.3 is 15.0 Å². The van der Waals surface area contributed by atoms with Gasteiger partial charge in [0, 0.05) is 18.8 Å². The second kappa shape index (κ2) is 7.09. The van der Waals surface area contributed by atoms with Crippen molar-refractivity contribution in [2.45, 2.75) is 39.5 Å². The van der Waals surface area contributed by atoms with Crippen LogP contribution in [0, 0.1) is 6.92 Å². The van der Waals surface area contributed by atoms with Crippen molar-refractivity contribution in [1.29, 1.82) is 0 Å². The van der Waals surface area contributed by atoms with Crippen molar-refractivity contribution in [1.82, 2.24) is 4.57 Å². The Morgan fingerprint density at radius 2 is 1.95 bits per heavy atom. The maximum Gasteiger partial charge on any atom is 0.292 e. The summed E-state index contributed by atoms with van der Waals surface area (Å²) < 4.78 is 7.25. The van der Waals surface area contributed by atoms with Gasteiger partial charge in [0.1, 0.15) is 6.61 Å². The first-order chi connectivity index (χ1) is 10.1. The second-order valence-electron chi connectivity index (χ2n) is 5.27. The average molecular weight is 286 g/mol. The van der Waals surface area contributed by atoms with Crippen molar-refractivity contribution in [3.8, 4) is 5.75 Å². The van der Waals surface area contributed by atoms with E-state index in [1.54, 1.807) is 16.8 Å². The average Bonchev–Trinajstić information content (AvgIpc) is 2.49. The summed E-state index contributed by atoms with van der Waals surface area (Å²) in [5.74, 6) is 0.362. The fraction of sp³-hybridized carbons (Fsp3) is 0.353. The van der Waals surface area contributed by atoms with Crippen molar-refractivity contribution >= 4 is 0 Å². The molecule has 112 valence electrons. The third kappa shape index (κ3) is 4.20. The largest absolute Gasteiger partial charge is 0.483 e. The first-order valence-electron chi connectivity index (χ1n) is 7.23. The Balaban J connectivity index is 2.08. The number of aryl methyl sites for hydroxylation is 1. The number of hydrogen-bond acceptors (Lipinski definition) is 3. The first kappa shape index (κ1) is 15.3. The molecule has 0 saturated heterocycles. The smallest absolute Gasteiger partial charge is 0.292 e. The lowest BCUT2D eigenvalue weighted by Gasteiger charge is -2.13. The topological polar surface area (TPSA) is 57.2 Å². The summed E-state index contributed by atoms with van der Waals surface area (Å²) in [6.45, 7) is 4.95. The number of benzene rings is 1. The molecule has 2 aromatic rings. The third-order valence-electron chi connectivity index (χ3n) is 3.46. The molecule has 4 nitrogen and oxygen atoms in total. The first-order valence-corrected chi connectivity index (χ1v) is 7.23. The third-order valence-corrected chi connectivity index (χ3v) is 3.46. The van der Waals surface area contributed by atoms with Crippen LogP contribution in [0.25, 0.3) is 0 Å². The van der Waals surface area contributed by atoms with Gasteiger partial charge in [-0.25, -0.2) is 0 Å². The van der Waals surface area contributed by atoms with E-state index in [1.807, 2.05) is 44.2 Å². The number of pyridine rings is 1. The Labute approximate surface area is 125 Å². The Kier molecular flexibility index (Phi) is 5.17. The summed E-state index contributed by atoms with van der Waals surface area (Å²) in [5.41, 5.74) is 8.02. The molecule has 2 rings (SSSR count). The lowest BCUT2D eigenvalue weighted by Crippen LogP contribution is -2.31. The molecule has 0 aliphatic heterocycles. The van der Waals surface area contributed by atoms with E-state index in [4.69, 9.17) is 10.5 Å². The molecule has 1 aromatic carbocycles. The van der Waals surface area contributed by atoms with Gasteiger partial charge in [0.05, 0.1) is 0 Å². The van der Waals surface area contributed by atoms with E-state index in [1.165, 1.54) is 5.56 Å². The van der Waals surface area contributed by atoms with E-state index >= 15 is 0 Å². The zero-order valence-electron chi connectivity index (χ0n) is 12.6. The van der Waals surface area contributed by atoms with Crippen LogP contribution in [0.4, 0.5) is 0 Å². The number of nitrogens with two attached hydrogens (primary N) is 1. The summed E-state index contributed by atoms with van der Waals surface area (Å²) in [6.07, 6.45) is 2.58. The molecule has 1 unspecified atom stereocenters. The van der Waals surface area contributed by atoms with Crippen LogP contribution in [0.1, 0.15) is 24.5 Å².